The van der Waals surface area contributed by atoms with Gasteiger partial charge in [-0.1, -0.05) is 42.5 Å². The summed E-state index contributed by atoms with van der Waals surface area (Å²) in [4.78, 5) is 0. The SMILES string of the molecule is CCn1c(-c2ccc(N)cc2)c(N)c2cc(OCc3ccccc3)ccc21. The summed E-state index contributed by atoms with van der Waals surface area (Å²) >= 11 is 0. The quantitative estimate of drug-likeness (QED) is 0.490. The van der Waals surface area contributed by atoms with E-state index in [-0.39, 0.29) is 0 Å². The molecule has 1 heterocycles. The number of anilines is 2. The Morgan fingerprint density at radius 3 is 2.33 bits per heavy atom. The number of hydrogen-bond acceptors (Lipinski definition) is 3. The molecule has 0 bridgehead atoms. The molecular weight excluding hydrogens is 334 g/mol. The van der Waals surface area contributed by atoms with E-state index >= 15 is 0 Å². The van der Waals surface area contributed by atoms with Crippen molar-refractivity contribution in [2.75, 3.05) is 11.5 Å². The standard InChI is InChI=1S/C23H23N3O/c1-2-26-21-13-12-19(27-15-16-6-4-3-5-7-16)14-20(21)22(25)23(26)17-8-10-18(24)11-9-17/h3-14H,2,15,24-25H2,1H3. The Hall–Kier alpha value is -3.40. The molecule has 3 aromatic carbocycles. The van der Waals surface area contributed by atoms with Crippen molar-refractivity contribution in [2.24, 2.45) is 0 Å². The maximum atomic E-state index is 6.55. The van der Waals surface area contributed by atoms with E-state index < -0.39 is 0 Å². The van der Waals surface area contributed by atoms with Crippen molar-refractivity contribution in [3.63, 3.8) is 0 Å². The monoisotopic (exact) mass is 357 g/mol. The van der Waals surface area contributed by atoms with Crippen molar-refractivity contribution in [1.29, 1.82) is 0 Å². The number of ether oxygens (including phenoxy) is 1. The van der Waals surface area contributed by atoms with Crippen LogP contribution in [0.25, 0.3) is 22.2 Å². The number of aryl methyl sites for hydroxylation is 1. The second kappa shape index (κ2) is 7.08. The van der Waals surface area contributed by atoms with E-state index in [1.165, 1.54) is 0 Å². The normalized spacial score (nSPS) is 11.0. The van der Waals surface area contributed by atoms with E-state index in [4.69, 9.17) is 16.2 Å². The number of aromatic nitrogens is 1. The van der Waals surface area contributed by atoms with E-state index in [2.05, 4.69) is 29.7 Å². The third-order valence-corrected chi connectivity index (χ3v) is 4.82. The van der Waals surface area contributed by atoms with Crippen LogP contribution in [0.3, 0.4) is 0 Å². The van der Waals surface area contributed by atoms with E-state index in [1.807, 2.05) is 54.6 Å². The average molecular weight is 357 g/mol. The summed E-state index contributed by atoms with van der Waals surface area (Å²) in [7, 11) is 0. The molecule has 0 aliphatic heterocycles. The lowest BCUT2D eigenvalue weighted by atomic mass is 10.1. The number of fused-ring (bicyclic) bond motifs is 1. The van der Waals surface area contributed by atoms with Crippen molar-refractivity contribution < 1.29 is 4.74 Å². The van der Waals surface area contributed by atoms with Gasteiger partial charge >= 0.3 is 0 Å². The van der Waals surface area contributed by atoms with E-state index in [0.29, 0.717) is 6.61 Å². The fraction of sp³-hybridized carbons (Fsp3) is 0.130. The zero-order chi connectivity index (χ0) is 18.8. The summed E-state index contributed by atoms with van der Waals surface area (Å²) in [5, 5.41) is 1.01. The number of benzene rings is 3. The molecule has 0 atom stereocenters. The lowest BCUT2D eigenvalue weighted by Crippen LogP contribution is -1.98. The topological polar surface area (TPSA) is 66.2 Å². The first-order valence-electron chi connectivity index (χ1n) is 9.11. The molecule has 0 aliphatic rings. The first-order chi connectivity index (χ1) is 13.2. The summed E-state index contributed by atoms with van der Waals surface area (Å²) in [6.07, 6.45) is 0. The molecule has 0 saturated carbocycles. The van der Waals surface area contributed by atoms with Crippen LogP contribution in [0, 0.1) is 0 Å². The molecule has 4 heteroatoms. The van der Waals surface area contributed by atoms with Gasteiger partial charge in [0.2, 0.25) is 0 Å². The number of nitrogens with two attached hydrogens (primary N) is 2. The Morgan fingerprint density at radius 2 is 1.63 bits per heavy atom. The molecule has 0 fully saturated rings. The van der Waals surface area contributed by atoms with Gasteiger partial charge in [0.25, 0.3) is 0 Å². The minimum atomic E-state index is 0.533. The maximum Gasteiger partial charge on any atom is 0.120 e. The van der Waals surface area contributed by atoms with Gasteiger partial charge in [-0.15, -0.1) is 0 Å². The second-order valence-electron chi connectivity index (χ2n) is 6.58. The van der Waals surface area contributed by atoms with Crippen LogP contribution in [0.2, 0.25) is 0 Å². The summed E-state index contributed by atoms with van der Waals surface area (Å²) in [6.45, 7) is 3.49. The Kier molecular flexibility index (Phi) is 4.47. The number of nitrogens with zero attached hydrogens (tertiary/aromatic N) is 1. The minimum absolute atomic E-state index is 0.533. The fourth-order valence-electron chi connectivity index (χ4n) is 3.47. The Balaban J connectivity index is 1.73. The molecule has 0 spiro atoms. The Bertz CT molecular complexity index is 1070. The maximum absolute atomic E-state index is 6.55. The van der Waals surface area contributed by atoms with Crippen LogP contribution >= 0.6 is 0 Å². The summed E-state index contributed by atoms with van der Waals surface area (Å²) in [5.74, 6) is 0.815. The van der Waals surface area contributed by atoms with Crippen molar-refractivity contribution >= 4 is 22.3 Å². The molecule has 4 aromatic rings. The van der Waals surface area contributed by atoms with Gasteiger partial charge in [0.05, 0.1) is 16.9 Å². The average Bonchev–Trinajstić information content (AvgIpc) is 2.99. The van der Waals surface area contributed by atoms with Crippen molar-refractivity contribution in [1.82, 2.24) is 4.57 Å². The molecule has 0 unspecified atom stereocenters. The molecule has 0 radical (unpaired) electrons. The van der Waals surface area contributed by atoms with Gasteiger partial charge in [0, 0.05) is 23.2 Å². The van der Waals surface area contributed by atoms with Crippen molar-refractivity contribution in [3.05, 3.63) is 78.4 Å². The highest BCUT2D eigenvalue weighted by molar-refractivity contribution is 6.01. The molecule has 0 amide bonds. The highest BCUT2D eigenvalue weighted by Gasteiger charge is 2.16. The predicted molar refractivity (Wildman–Crippen MR) is 113 cm³/mol. The molecule has 0 saturated heterocycles. The Labute approximate surface area is 159 Å². The first-order valence-corrected chi connectivity index (χ1v) is 9.11. The highest BCUT2D eigenvalue weighted by atomic mass is 16.5. The van der Waals surface area contributed by atoms with Crippen molar-refractivity contribution in [2.45, 2.75) is 20.1 Å². The second-order valence-corrected chi connectivity index (χ2v) is 6.58. The Morgan fingerprint density at radius 1 is 0.889 bits per heavy atom. The highest BCUT2D eigenvalue weighted by Crippen LogP contribution is 2.38. The van der Waals surface area contributed by atoms with E-state index in [1.54, 1.807) is 0 Å². The molecule has 0 aliphatic carbocycles. The summed E-state index contributed by atoms with van der Waals surface area (Å²) in [5.41, 5.74) is 18.2. The van der Waals surface area contributed by atoms with Crippen LogP contribution in [0.1, 0.15) is 12.5 Å². The molecule has 4 rings (SSSR count). The first kappa shape index (κ1) is 17.0. The zero-order valence-corrected chi connectivity index (χ0v) is 15.4. The van der Waals surface area contributed by atoms with Gasteiger partial charge < -0.3 is 20.8 Å². The molecule has 27 heavy (non-hydrogen) atoms. The van der Waals surface area contributed by atoms with Gasteiger partial charge in [-0.25, -0.2) is 0 Å². The lowest BCUT2D eigenvalue weighted by Gasteiger charge is -2.09. The van der Waals surface area contributed by atoms with E-state index in [0.717, 1.165) is 51.4 Å². The largest absolute Gasteiger partial charge is 0.489 e. The molecular formula is C23H23N3O. The number of hydrogen-bond donors (Lipinski definition) is 2. The molecule has 136 valence electrons. The fourth-order valence-corrected chi connectivity index (χ4v) is 3.47. The van der Waals surface area contributed by atoms with Crippen LogP contribution in [0.15, 0.2) is 72.8 Å². The lowest BCUT2D eigenvalue weighted by molar-refractivity contribution is 0.306. The summed E-state index contributed by atoms with van der Waals surface area (Å²) in [6, 6.07) is 24.1. The van der Waals surface area contributed by atoms with Crippen LogP contribution in [0.5, 0.6) is 5.75 Å². The van der Waals surface area contributed by atoms with Gasteiger partial charge in [0.15, 0.2) is 0 Å². The van der Waals surface area contributed by atoms with Crippen LogP contribution < -0.4 is 16.2 Å². The van der Waals surface area contributed by atoms with Gasteiger partial charge in [-0.3, -0.25) is 0 Å². The van der Waals surface area contributed by atoms with Crippen LogP contribution in [-0.2, 0) is 13.2 Å². The number of rotatable bonds is 5. The zero-order valence-electron chi connectivity index (χ0n) is 15.4. The smallest absolute Gasteiger partial charge is 0.120 e. The van der Waals surface area contributed by atoms with Gasteiger partial charge in [-0.05, 0) is 42.8 Å². The molecule has 4 N–H and O–H groups in total. The minimum Gasteiger partial charge on any atom is -0.489 e. The third kappa shape index (κ3) is 3.22. The summed E-state index contributed by atoms with van der Waals surface area (Å²) < 4.78 is 8.21. The van der Waals surface area contributed by atoms with Gasteiger partial charge in [-0.2, -0.15) is 0 Å². The van der Waals surface area contributed by atoms with Crippen molar-refractivity contribution in [3.8, 4) is 17.0 Å². The molecule has 4 nitrogen and oxygen atoms in total. The predicted octanol–water partition coefficient (Wildman–Crippen LogP) is 5.07. The van der Waals surface area contributed by atoms with E-state index in [9.17, 15) is 0 Å². The van der Waals surface area contributed by atoms with Crippen LogP contribution in [0.4, 0.5) is 11.4 Å². The van der Waals surface area contributed by atoms with Gasteiger partial charge in [0.1, 0.15) is 12.4 Å². The number of nitrogen functional groups attached to an aromatic ring is 2. The third-order valence-electron chi connectivity index (χ3n) is 4.82. The molecule has 1 aromatic heterocycles. The van der Waals surface area contributed by atoms with Crippen LogP contribution in [-0.4, -0.2) is 4.57 Å².